The van der Waals surface area contributed by atoms with Crippen molar-refractivity contribution < 1.29 is 9.13 Å². The highest BCUT2D eigenvalue weighted by molar-refractivity contribution is 5.26. The van der Waals surface area contributed by atoms with E-state index in [1.165, 1.54) is 11.6 Å². The summed E-state index contributed by atoms with van der Waals surface area (Å²) in [5.74, 6) is 0.386. The summed E-state index contributed by atoms with van der Waals surface area (Å²) in [6, 6.07) is 9.27. The molecule has 0 aliphatic heterocycles. The zero-order valence-electron chi connectivity index (χ0n) is 19.7. The van der Waals surface area contributed by atoms with E-state index in [0.29, 0.717) is 5.92 Å². The number of ether oxygens (including phenoxy) is 1. The number of halogens is 1. The maximum absolute atomic E-state index is 13.1. The van der Waals surface area contributed by atoms with Crippen molar-refractivity contribution in [3.8, 4) is 12.5 Å². The molecular weight excluding hydrogens is 375 g/mol. The number of hydrogen-bond acceptors (Lipinski definition) is 3. The molecule has 1 unspecified atom stereocenters. The third kappa shape index (κ3) is 17.6. The minimum Gasteiger partial charge on any atom is -0.389 e. The molecule has 1 atom stereocenters. The van der Waals surface area contributed by atoms with E-state index in [9.17, 15) is 4.39 Å². The first-order chi connectivity index (χ1) is 14.5. The predicted molar refractivity (Wildman–Crippen MR) is 130 cm³/mol. The highest BCUT2D eigenvalue weighted by Crippen LogP contribution is 2.21. The minimum atomic E-state index is -0.153. The molecule has 1 aliphatic carbocycles. The lowest BCUT2D eigenvalue weighted by atomic mass is 9.91. The Bertz CT molecular complexity index is 659. The molecule has 2 N–H and O–H groups in total. The maximum Gasteiger partial charge on any atom is 0.123 e. The maximum atomic E-state index is 13.1. The molecule has 0 saturated heterocycles. The van der Waals surface area contributed by atoms with Crippen molar-refractivity contribution in [1.82, 2.24) is 10.6 Å². The molecule has 0 bridgehead atoms. The lowest BCUT2D eigenvalue weighted by molar-refractivity contribution is 0.277. The van der Waals surface area contributed by atoms with E-state index < -0.39 is 0 Å². The summed E-state index contributed by atoms with van der Waals surface area (Å²) in [7, 11) is 3.25. The van der Waals surface area contributed by atoms with Crippen LogP contribution in [0.4, 0.5) is 4.39 Å². The van der Waals surface area contributed by atoms with Crippen molar-refractivity contribution in [2.24, 2.45) is 5.92 Å². The first kappa shape index (κ1) is 29.7. The lowest BCUT2D eigenvalue weighted by Crippen LogP contribution is -2.11. The molecular formula is C26H41FN2O. The van der Waals surface area contributed by atoms with E-state index >= 15 is 0 Å². The minimum absolute atomic E-state index is 0.153. The third-order valence-corrected chi connectivity index (χ3v) is 3.83. The number of benzene rings is 1. The summed E-state index contributed by atoms with van der Waals surface area (Å²) in [5.41, 5.74) is 3.34. The molecule has 0 radical (unpaired) electrons. The van der Waals surface area contributed by atoms with E-state index in [-0.39, 0.29) is 5.82 Å². The molecule has 30 heavy (non-hydrogen) atoms. The van der Waals surface area contributed by atoms with Gasteiger partial charge in [0.15, 0.2) is 0 Å². The van der Waals surface area contributed by atoms with Gasteiger partial charge in [-0.2, -0.15) is 0 Å². The fraction of sp³-hybridized carbons (Fsp3) is 0.462. The zero-order chi connectivity index (χ0) is 23.2. The van der Waals surface area contributed by atoms with Crippen LogP contribution in [0.5, 0.6) is 0 Å². The molecule has 0 spiro atoms. The van der Waals surface area contributed by atoms with E-state index in [0.717, 1.165) is 43.6 Å². The van der Waals surface area contributed by atoms with Gasteiger partial charge < -0.3 is 15.4 Å². The Kier molecular flexibility index (Phi) is 21.0. The average Bonchev–Trinajstić information content (AvgIpc) is 2.74. The molecule has 0 saturated carbocycles. The van der Waals surface area contributed by atoms with Crippen LogP contribution in [-0.2, 0) is 11.2 Å². The van der Waals surface area contributed by atoms with Crippen molar-refractivity contribution in [2.75, 3.05) is 27.3 Å². The summed E-state index contributed by atoms with van der Waals surface area (Å²) >= 11 is 0. The monoisotopic (exact) mass is 416 g/mol. The highest BCUT2D eigenvalue weighted by Gasteiger charge is 2.09. The fourth-order valence-corrected chi connectivity index (χ4v) is 2.55. The van der Waals surface area contributed by atoms with Gasteiger partial charge in [0.25, 0.3) is 0 Å². The van der Waals surface area contributed by atoms with Gasteiger partial charge in [0.2, 0.25) is 0 Å². The summed E-state index contributed by atoms with van der Waals surface area (Å²) < 4.78 is 17.3. The Morgan fingerprint density at radius 3 is 2.43 bits per heavy atom. The van der Waals surface area contributed by atoms with Crippen molar-refractivity contribution in [3.05, 3.63) is 71.7 Å². The van der Waals surface area contributed by atoms with E-state index in [4.69, 9.17) is 6.42 Å². The van der Waals surface area contributed by atoms with Gasteiger partial charge in [-0.3, -0.25) is 0 Å². The Morgan fingerprint density at radius 1 is 1.33 bits per heavy atom. The number of methoxy groups -OCH3 is 1. The van der Waals surface area contributed by atoms with E-state index in [1.54, 1.807) is 26.4 Å². The Labute approximate surface area is 184 Å². The second-order valence-corrected chi connectivity index (χ2v) is 6.52. The summed E-state index contributed by atoms with van der Waals surface area (Å²) in [6.45, 7) is 13.3. The number of nitrogens with one attached hydrogen (secondary N) is 2. The van der Waals surface area contributed by atoms with Gasteiger partial charge in [0.05, 0.1) is 0 Å². The molecule has 2 rings (SSSR count). The van der Waals surface area contributed by atoms with Gasteiger partial charge in [-0.25, -0.2) is 4.39 Å². The number of allylic oxidation sites excluding steroid dienone is 3. The van der Waals surface area contributed by atoms with Crippen LogP contribution in [0.15, 0.2) is 60.3 Å². The molecule has 0 heterocycles. The number of rotatable bonds is 7. The second-order valence-electron chi connectivity index (χ2n) is 6.52. The molecule has 3 nitrogen and oxygen atoms in total. The topological polar surface area (TPSA) is 33.3 Å². The molecule has 0 aromatic heterocycles. The number of terminal acetylenes is 1. The highest BCUT2D eigenvalue weighted by atomic mass is 19.1. The molecule has 1 aliphatic rings. The Morgan fingerprint density at radius 2 is 2.00 bits per heavy atom. The van der Waals surface area contributed by atoms with Gasteiger partial charge in [-0.15, -0.1) is 0 Å². The van der Waals surface area contributed by atoms with Gasteiger partial charge in [0, 0.05) is 39.1 Å². The Balaban J connectivity index is 0. The summed E-state index contributed by atoms with van der Waals surface area (Å²) in [6.07, 6.45) is 14.7. The van der Waals surface area contributed by atoms with E-state index in [1.807, 2.05) is 26.8 Å². The molecule has 1 aromatic carbocycles. The third-order valence-electron chi connectivity index (χ3n) is 3.83. The van der Waals surface area contributed by atoms with Gasteiger partial charge in [-0.05, 0) is 62.3 Å². The first-order valence-electron chi connectivity index (χ1n) is 10.6. The van der Waals surface area contributed by atoms with Crippen LogP contribution < -0.4 is 10.6 Å². The van der Waals surface area contributed by atoms with Gasteiger partial charge in [-0.1, -0.05) is 57.2 Å². The van der Waals surface area contributed by atoms with Gasteiger partial charge in [0.1, 0.15) is 5.82 Å². The fourth-order valence-electron chi connectivity index (χ4n) is 2.55. The van der Waals surface area contributed by atoms with Crippen molar-refractivity contribution in [1.29, 1.82) is 0 Å². The molecule has 1 aromatic rings. The number of hydrogen-bond donors (Lipinski definition) is 2. The summed E-state index contributed by atoms with van der Waals surface area (Å²) in [5, 5.41) is 5.88. The standard InChI is InChI=1S/C17H18FN.C5H11N.C2H6O.C2H6/c1-2-19-13-16-10-7-14(8-11-16)6-9-15-4-3-5-17(18)12-15;1-4-6-5(2)3;1-3-2;1-2/h1,3-5,7,10-12,14,19H,6,8-9,13H2;6H,2,4H2,1,3H3;1-2H3;1-2H3. The van der Waals surface area contributed by atoms with Crippen LogP contribution in [0.3, 0.4) is 0 Å². The zero-order valence-corrected chi connectivity index (χ0v) is 19.7. The van der Waals surface area contributed by atoms with Crippen LogP contribution in [0.2, 0.25) is 0 Å². The van der Waals surface area contributed by atoms with Gasteiger partial charge >= 0.3 is 0 Å². The largest absolute Gasteiger partial charge is 0.389 e. The van der Waals surface area contributed by atoms with Crippen molar-refractivity contribution >= 4 is 0 Å². The van der Waals surface area contributed by atoms with E-state index in [2.05, 4.69) is 53.1 Å². The Hall–Kier alpha value is -2.51. The van der Waals surface area contributed by atoms with Crippen LogP contribution in [-0.4, -0.2) is 27.3 Å². The lowest BCUT2D eigenvalue weighted by Gasteiger charge is -2.16. The van der Waals surface area contributed by atoms with Crippen LogP contribution in [0.25, 0.3) is 0 Å². The SMILES string of the molecule is C#CNCC1=CCC(CCc2cccc(F)c2)C=C1.C=C(C)NCC.CC.COC. The van der Waals surface area contributed by atoms with Crippen LogP contribution in [0, 0.1) is 24.2 Å². The molecule has 0 fully saturated rings. The second kappa shape index (κ2) is 21.2. The van der Waals surface area contributed by atoms with Crippen LogP contribution in [0.1, 0.15) is 46.1 Å². The average molecular weight is 417 g/mol. The van der Waals surface area contributed by atoms with Crippen molar-refractivity contribution in [3.63, 3.8) is 0 Å². The summed E-state index contributed by atoms with van der Waals surface area (Å²) in [4.78, 5) is 0. The quantitative estimate of drug-likeness (QED) is 0.431. The first-order valence-corrected chi connectivity index (χ1v) is 10.6. The normalized spacial score (nSPS) is 13.5. The molecule has 168 valence electrons. The molecule has 4 heteroatoms. The number of aryl methyl sites for hydroxylation is 1. The molecule has 0 amide bonds. The smallest absolute Gasteiger partial charge is 0.123 e. The predicted octanol–water partition coefficient (Wildman–Crippen LogP) is 5.86. The van der Waals surface area contributed by atoms with Crippen LogP contribution >= 0.6 is 0 Å². The van der Waals surface area contributed by atoms with Crippen molar-refractivity contribution in [2.45, 2.75) is 47.0 Å².